The van der Waals surface area contributed by atoms with E-state index >= 15 is 0 Å². The fraction of sp³-hybridized carbons (Fsp3) is 0.429. The summed E-state index contributed by atoms with van der Waals surface area (Å²) in [5, 5.41) is 9.65. The zero-order valence-electron chi connectivity index (χ0n) is 23.3. The lowest BCUT2D eigenvalue weighted by Gasteiger charge is -2.24. The summed E-state index contributed by atoms with van der Waals surface area (Å²) in [6, 6.07) is 11.0. The first kappa shape index (κ1) is 28.3. The van der Waals surface area contributed by atoms with Gasteiger partial charge in [-0.2, -0.15) is 4.98 Å². The fourth-order valence-corrected chi connectivity index (χ4v) is 4.66. The molecule has 0 spiro atoms. The average molecular weight is 552 g/mol. The van der Waals surface area contributed by atoms with Crippen LogP contribution in [0.15, 0.2) is 48.8 Å². The normalized spacial score (nSPS) is 14.4. The van der Waals surface area contributed by atoms with E-state index in [1.54, 1.807) is 30.6 Å². The third-order valence-corrected chi connectivity index (χ3v) is 7.94. The van der Waals surface area contributed by atoms with Crippen molar-refractivity contribution in [3.63, 3.8) is 0 Å². The Bertz CT molecular complexity index is 1450. The van der Waals surface area contributed by atoms with E-state index in [2.05, 4.69) is 46.7 Å². The molecule has 1 fully saturated rings. The topological polar surface area (TPSA) is 129 Å². The van der Waals surface area contributed by atoms with Crippen LogP contribution in [0.3, 0.4) is 0 Å². The Balaban J connectivity index is 1.55. The first-order chi connectivity index (χ1) is 18.3. The van der Waals surface area contributed by atoms with E-state index in [-0.39, 0.29) is 17.4 Å². The Kier molecular flexibility index (Phi) is 8.10. The van der Waals surface area contributed by atoms with Gasteiger partial charge in [-0.15, -0.1) is 0 Å². The molecule has 0 bridgehead atoms. The van der Waals surface area contributed by atoms with E-state index in [0.29, 0.717) is 46.9 Å². The minimum atomic E-state index is -3.47. The van der Waals surface area contributed by atoms with Crippen molar-refractivity contribution in [2.24, 2.45) is 5.92 Å². The van der Waals surface area contributed by atoms with Crippen LogP contribution in [0.2, 0.25) is 0 Å². The molecule has 1 aromatic carbocycles. The van der Waals surface area contributed by atoms with Gasteiger partial charge in [0, 0.05) is 54.4 Å². The second-order valence-corrected chi connectivity index (χ2v) is 13.1. The molecule has 0 saturated heterocycles. The number of amides is 1. The number of rotatable bonds is 10. The Hall–Kier alpha value is -3.73. The zero-order chi connectivity index (χ0) is 28.4. The first-order valence-corrected chi connectivity index (χ1v) is 14.8. The molecule has 4 rings (SSSR count). The number of anilines is 4. The average Bonchev–Trinajstić information content (AvgIpc) is 3.72. The number of pyridine rings is 1. The molecule has 3 aromatic rings. The number of hydrogen-bond acceptors (Lipinski definition) is 8. The number of nitrogens with zero attached hydrogens (tertiary/aromatic N) is 4. The van der Waals surface area contributed by atoms with Crippen molar-refractivity contribution in [1.29, 1.82) is 0 Å². The third-order valence-electron chi connectivity index (χ3n) is 6.78. The standard InChI is InChI=1S/C28H37N7O3S/c1-18(19-12-13-19)32-26(36)20-9-7-11-22(15-20)33-27-31-17-23(28(2,3)4)24(34-27)30-16-21-10-8-14-29-25(21)35(5)39(6,37)38/h7-11,14-15,17-19H,12-13,16H2,1-6H3,(H,32,36)(H2,30,31,33,34). The minimum Gasteiger partial charge on any atom is -0.365 e. The lowest BCUT2D eigenvalue weighted by molar-refractivity contribution is 0.0936. The summed E-state index contributed by atoms with van der Waals surface area (Å²) >= 11 is 0. The Morgan fingerprint density at radius 1 is 1.15 bits per heavy atom. The summed E-state index contributed by atoms with van der Waals surface area (Å²) in [6.07, 6.45) is 6.81. The van der Waals surface area contributed by atoms with E-state index in [0.717, 1.165) is 29.0 Å². The van der Waals surface area contributed by atoms with Crippen LogP contribution >= 0.6 is 0 Å². The number of benzene rings is 1. The number of sulfonamides is 1. The molecular formula is C28H37N7O3S. The van der Waals surface area contributed by atoms with E-state index < -0.39 is 10.0 Å². The van der Waals surface area contributed by atoms with Crippen LogP contribution in [-0.4, -0.2) is 48.6 Å². The molecule has 2 heterocycles. The molecule has 1 aliphatic carbocycles. The highest BCUT2D eigenvalue weighted by Gasteiger charge is 2.29. The molecule has 0 radical (unpaired) electrons. The molecule has 1 saturated carbocycles. The number of carbonyl (C=O) groups excluding carboxylic acids is 1. The molecular weight excluding hydrogens is 514 g/mol. The minimum absolute atomic E-state index is 0.101. The van der Waals surface area contributed by atoms with Gasteiger partial charge in [-0.25, -0.2) is 18.4 Å². The highest BCUT2D eigenvalue weighted by molar-refractivity contribution is 7.92. The van der Waals surface area contributed by atoms with Crippen LogP contribution in [0.25, 0.3) is 0 Å². The van der Waals surface area contributed by atoms with Gasteiger partial charge in [0.1, 0.15) is 11.6 Å². The smallest absolute Gasteiger partial charge is 0.251 e. The van der Waals surface area contributed by atoms with E-state index in [4.69, 9.17) is 4.98 Å². The Morgan fingerprint density at radius 2 is 1.90 bits per heavy atom. The fourth-order valence-electron chi connectivity index (χ4n) is 4.18. The highest BCUT2D eigenvalue weighted by atomic mass is 32.2. The maximum absolute atomic E-state index is 12.7. The van der Waals surface area contributed by atoms with Gasteiger partial charge in [-0.3, -0.25) is 9.10 Å². The van der Waals surface area contributed by atoms with Gasteiger partial charge < -0.3 is 16.0 Å². The highest BCUT2D eigenvalue weighted by Crippen LogP contribution is 2.33. The van der Waals surface area contributed by atoms with Crippen LogP contribution in [0.4, 0.5) is 23.3 Å². The summed E-state index contributed by atoms with van der Waals surface area (Å²) < 4.78 is 25.4. The summed E-state index contributed by atoms with van der Waals surface area (Å²) in [6.45, 7) is 8.56. The van der Waals surface area contributed by atoms with Gasteiger partial charge in [0.15, 0.2) is 0 Å². The molecule has 10 nitrogen and oxygen atoms in total. The third kappa shape index (κ3) is 7.23. The lowest BCUT2D eigenvalue weighted by Crippen LogP contribution is -2.33. The molecule has 3 N–H and O–H groups in total. The van der Waals surface area contributed by atoms with Gasteiger partial charge in [-0.1, -0.05) is 32.9 Å². The Morgan fingerprint density at radius 3 is 2.56 bits per heavy atom. The van der Waals surface area contributed by atoms with Crippen LogP contribution in [0.1, 0.15) is 62.0 Å². The van der Waals surface area contributed by atoms with Gasteiger partial charge in [0.05, 0.1) is 6.26 Å². The molecule has 1 aliphatic rings. The lowest BCUT2D eigenvalue weighted by atomic mass is 9.88. The number of carbonyl (C=O) groups is 1. The van der Waals surface area contributed by atoms with Gasteiger partial charge in [0.25, 0.3) is 5.91 Å². The molecule has 39 heavy (non-hydrogen) atoms. The maximum atomic E-state index is 12.7. The maximum Gasteiger partial charge on any atom is 0.251 e. The second-order valence-electron chi connectivity index (χ2n) is 11.1. The van der Waals surface area contributed by atoms with Gasteiger partial charge in [-0.05, 0) is 55.4 Å². The second kappa shape index (κ2) is 11.2. The number of hydrogen-bond donors (Lipinski definition) is 3. The van der Waals surface area contributed by atoms with Gasteiger partial charge in [0.2, 0.25) is 16.0 Å². The largest absolute Gasteiger partial charge is 0.365 e. The quantitative estimate of drug-likeness (QED) is 0.337. The summed E-state index contributed by atoms with van der Waals surface area (Å²) in [5.41, 5.74) is 2.62. The van der Waals surface area contributed by atoms with Crippen molar-refractivity contribution in [2.45, 2.75) is 58.5 Å². The monoisotopic (exact) mass is 551 g/mol. The summed E-state index contributed by atoms with van der Waals surface area (Å²) in [4.78, 5) is 26.3. The summed E-state index contributed by atoms with van der Waals surface area (Å²) in [5.74, 6) is 1.81. The van der Waals surface area contributed by atoms with Crippen molar-refractivity contribution in [1.82, 2.24) is 20.3 Å². The van der Waals surface area contributed by atoms with Crippen molar-refractivity contribution >= 4 is 39.2 Å². The van der Waals surface area contributed by atoms with Crippen molar-refractivity contribution in [3.8, 4) is 0 Å². The van der Waals surface area contributed by atoms with Gasteiger partial charge >= 0.3 is 0 Å². The number of nitrogens with one attached hydrogen (secondary N) is 3. The van der Waals surface area contributed by atoms with Crippen molar-refractivity contribution in [2.75, 3.05) is 28.2 Å². The molecule has 11 heteroatoms. The predicted octanol–water partition coefficient (Wildman–Crippen LogP) is 4.45. The van der Waals surface area contributed by atoms with E-state index in [1.165, 1.54) is 7.05 Å². The molecule has 0 aliphatic heterocycles. The van der Waals surface area contributed by atoms with Crippen LogP contribution < -0.4 is 20.3 Å². The molecule has 1 amide bonds. The SMILES string of the molecule is CC(NC(=O)c1cccc(Nc2ncc(C(C)(C)C)c(NCc3cccnc3N(C)S(C)(=O)=O)n2)c1)C1CC1. The predicted molar refractivity (Wildman–Crippen MR) is 155 cm³/mol. The first-order valence-electron chi connectivity index (χ1n) is 13.0. The number of aromatic nitrogens is 3. The van der Waals surface area contributed by atoms with Crippen LogP contribution in [0.5, 0.6) is 0 Å². The molecule has 1 unspecified atom stereocenters. The van der Waals surface area contributed by atoms with Crippen molar-refractivity contribution < 1.29 is 13.2 Å². The van der Waals surface area contributed by atoms with E-state index in [9.17, 15) is 13.2 Å². The van der Waals surface area contributed by atoms with Crippen LogP contribution in [-0.2, 0) is 22.0 Å². The molecule has 1 atom stereocenters. The summed E-state index contributed by atoms with van der Waals surface area (Å²) in [7, 11) is -1.99. The molecule has 208 valence electrons. The zero-order valence-corrected chi connectivity index (χ0v) is 24.1. The molecule has 2 aromatic heterocycles. The van der Waals surface area contributed by atoms with Crippen molar-refractivity contribution in [3.05, 3.63) is 65.5 Å². The van der Waals surface area contributed by atoms with E-state index in [1.807, 2.05) is 25.1 Å². The Labute approximate surface area is 230 Å². The van der Waals surface area contributed by atoms with Crippen LogP contribution in [0, 0.1) is 5.92 Å².